The smallest absolute Gasteiger partial charge is 0.323 e. The molecule has 3 aliphatic rings. The van der Waals surface area contributed by atoms with Crippen molar-refractivity contribution >= 4 is 23.7 Å². The highest BCUT2D eigenvalue weighted by Crippen LogP contribution is 2.36. The summed E-state index contributed by atoms with van der Waals surface area (Å²) in [5, 5.41) is 9.39. The number of carbonyl (C=O) groups excluding carboxylic acids is 3. The number of nitrogens with zero attached hydrogens (tertiary/aromatic N) is 2. The molecule has 2 heterocycles. The van der Waals surface area contributed by atoms with E-state index in [1.165, 1.54) is 4.90 Å². The van der Waals surface area contributed by atoms with Crippen LogP contribution in [0.5, 0.6) is 0 Å². The number of benzene rings is 1. The summed E-state index contributed by atoms with van der Waals surface area (Å²) in [5.41, 5.74) is 0.614. The number of amides is 3. The molecule has 1 saturated carbocycles. The van der Waals surface area contributed by atoms with Crippen LogP contribution < -0.4 is 0 Å². The van der Waals surface area contributed by atoms with Gasteiger partial charge in [0, 0.05) is 6.04 Å². The fraction of sp³-hybridized carbons (Fsp3) is 0.524. The Kier molecular flexibility index (Phi) is 4.91. The summed E-state index contributed by atoms with van der Waals surface area (Å²) in [6, 6.07) is 5.49. The summed E-state index contributed by atoms with van der Waals surface area (Å²) in [6.07, 6.45) is 5.95. The highest BCUT2D eigenvalue weighted by atomic mass is 16.4. The SMILES string of the molecule is O=C(O)CN1C(=O)[C@@H](N2C(=O)c3ccccc3C2=O)CCCC1C1CCCC1. The van der Waals surface area contributed by atoms with Crippen molar-refractivity contribution in [2.45, 2.75) is 57.0 Å². The van der Waals surface area contributed by atoms with Crippen LogP contribution in [0.15, 0.2) is 24.3 Å². The highest BCUT2D eigenvalue weighted by molar-refractivity contribution is 6.22. The molecule has 0 radical (unpaired) electrons. The fourth-order valence-electron chi connectivity index (χ4n) is 5.06. The van der Waals surface area contributed by atoms with E-state index in [9.17, 15) is 24.3 Å². The summed E-state index contributed by atoms with van der Waals surface area (Å²) < 4.78 is 0. The molecule has 1 aromatic rings. The van der Waals surface area contributed by atoms with Crippen molar-refractivity contribution in [1.29, 1.82) is 0 Å². The van der Waals surface area contributed by atoms with E-state index in [1.807, 2.05) is 0 Å². The third kappa shape index (κ3) is 3.08. The first-order valence-corrected chi connectivity index (χ1v) is 9.98. The molecule has 2 fully saturated rings. The van der Waals surface area contributed by atoms with Gasteiger partial charge in [0.1, 0.15) is 12.6 Å². The first kappa shape index (κ1) is 18.7. The standard InChI is InChI=1S/C21H24N2O5/c24-18(25)12-22-16(13-6-1-2-7-13)10-5-11-17(21(22)28)23-19(26)14-8-3-4-9-15(14)20(23)27/h3-4,8-9,13,16-17H,1-2,5-7,10-12H2,(H,24,25)/t16?,17-/m0/s1. The predicted molar refractivity (Wildman–Crippen MR) is 99.7 cm³/mol. The maximum atomic E-state index is 13.4. The summed E-state index contributed by atoms with van der Waals surface area (Å²) in [5.74, 6) is -2.11. The zero-order valence-electron chi connectivity index (χ0n) is 15.7. The third-order valence-corrected chi connectivity index (χ3v) is 6.33. The molecule has 3 amide bonds. The Hall–Kier alpha value is -2.70. The number of imide groups is 1. The Morgan fingerprint density at radius 1 is 0.929 bits per heavy atom. The quantitative estimate of drug-likeness (QED) is 0.804. The van der Waals surface area contributed by atoms with Crippen LogP contribution in [0.3, 0.4) is 0 Å². The first-order valence-electron chi connectivity index (χ1n) is 9.98. The summed E-state index contributed by atoms with van der Waals surface area (Å²) >= 11 is 0. The Balaban J connectivity index is 1.65. The largest absolute Gasteiger partial charge is 0.480 e. The first-order chi connectivity index (χ1) is 13.5. The minimum Gasteiger partial charge on any atom is -0.480 e. The molecule has 0 bridgehead atoms. The zero-order chi connectivity index (χ0) is 19.8. The maximum absolute atomic E-state index is 13.4. The molecule has 1 saturated heterocycles. The van der Waals surface area contributed by atoms with Crippen LogP contribution in [-0.4, -0.2) is 57.2 Å². The lowest BCUT2D eigenvalue weighted by Gasteiger charge is -2.35. The molecule has 1 N–H and O–H groups in total. The molecule has 28 heavy (non-hydrogen) atoms. The van der Waals surface area contributed by atoms with E-state index < -0.39 is 29.7 Å². The van der Waals surface area contributed by atoms with Crippen LogP contribution in [-0.2, 0) is 9.59 Å². The van der Waals surface area contributed by atoms with Crippen LogP contribution >= 0.6 is 0 Å². The average Bonchev–Trinajstić information content (AvgIpc) is 3.25. The van der Waals surface area contributed by atoms with Gasteiger partial charge in [0.2, 0.25) is 5.91 Å². The fourth-order valence-corrected chi connectivity index (χ4v) is 5.06. The van der Waals surface area contributed by atoms with E-state index >= 15 is 0 Å². The van der Waals surface area contributed by atoms with E-state index in [0.717, 1.165) is 30.6 Å². The van der Waals surface area contributed by atoms with Crippen molar-refractivity contribution in [3.63, 3.8) is 0 Å². The third-order valence-electron chi connectivity index (χ3n) is 6.33. The van der Waals surface area contributed by atoms with E-state index in [-0.39, 0.29) is 12.6 Å². The highest BCUT2D eigenvalue weighted by Gasteiger charge is 2.47. The number of carbonyl (C=O) groups is 4. The minimum atomic E-state index is -1.07. The average molecular weight is 384 g/mol. The second-order valence-corrected chi connectivity index (χ2v) is 7.94. The zero-order valence-corrected chi connectivity index (χ0v) is 15.7. The lowest BCUT2D eigenvalue weighted by Crippen LogP contribution is -2.54. The summed E-state index contributed by atoms with van der Waals surface area (Å²) in [4.78, 5) is 53.1. The molecular formula is C21H24N2O5. The second-order valence-electron chi connectivity index (χ2n) is 7.94. The van der Waals surface area contributed by atoms with Gasteiger partial charge >= 0.3 is 5.97 Å². The Labute approximate surface area is 163 Å². The Bertz CT molecular complexity index is 795. The van der Waals surface area contributed by atoms with Gasteiger partial charge in [-0.1, -0.05) is 25.0 Å². The normalized spacial score (nSPS) is 25.9. The van der Waals surface area contributed by atoms with Gasteiger partial charge in [-0.15, -0.1) is 0 Å². The molecule has 2 atom stereocenters. The molecule has 0 aromatic heterocycles. The van der Waals surface area contributed by atoms with Crippen LogP contribution in [0.25, 0.3) is 0 Å². The van der Waals surface area contributed by atoms with Gasteiger partial charge in [-0.25, -0.2) is 0 Å². The second kappa shape index (κ2) is 7.37. The maximum Gasteiger partial charge on any atom is 0.323 e. The van der Waals surface area contributed by atoms with Crippen LogP contribution in [0, 0.1) is 5.92 Å². The molecule has 7 nitrogen and oxygen atoms in total. The van der Waals surface area contributed by atoms with Gasteiger partial charge in [-0.05, 0) is 50.2 Å². The van der Waals surface area contributed by atoms with Gasteiger partial charge in [0.15, 0.2) is 0 Å². The lowest BCUT2D eigenvalue weighted by molar-refractivity contribution is -0.148. The number of hydrogen-bond acceptors (Lipinski definition) is 4. The number of carboxylic acid groups (broad SMARTS) is 1. The van der Waals surface area contributed by atoms with E-state index in [4.69, 9.17) is 0 Å². The predicted octanol–water partition coefficient (Wildman–Crippen LogP) is 2.31. The van der Waals surface area contributed by atoms with Crippen molar-refractivity contribution in [2.24, 2.45) is 5.92 Å². The van der Waals surface area contributed by atoms with Gasteiger partial charge < -0.3 is 10.0 Å². The van der Waals surface area contributed by atoms with Crippen LogP contribution in [0.4, 0.5) is 0 Å². The van der Waals surface area contributed by atoms with Crippen LogP contribution in [0.2, 0.25) is 0 Å². The molecule has 1 aromatic carbocycles. The number of aliphatic carboxylic acids is 1. The van der Waals surface area contributed by atoms with Crippen molar-refractivity contribution in [3.8, 4) is 0 Å². The van der Waals surface area contributed by atoms with Crippen molar-refractivity contribution in [3.05, 3.63) is 35.4 Å². The molecule has 4 rings (SSSR count). The molecule has 0 spiro atoms. The molecule has 7 heteroatoms. The van der Waals surface area contributed by atoms with E-state index in [1.54, 1.807) is 24.3 Å². The van der Waals surface area contributed by atoms with Gasteiger partial charge in [-0.3, -0.25) is 24.1 Å². The Morgan fingerprint density at radius 2 is 1.54 bits per heavy atom. The minimum absolute atomic E-state index is 0.133. The molecule has 1 unspecified atom stereocenters. The molecule has 1 aliphatic carbocycles. The summed E-state index contributed by atoms with van der Waals surface area (Å²) in [7, 11) is 0. The number of fused-ring (bicyclic) bond motifs is 1. The number of rotatable bonds is 4. The Morgan fingerprint density at radius 3 is 2.11 bits per heavy atom. The van der Waals surface area contributed by atoms with Gasteiger partial charge in [0.05, 0.1) is 11.1 Å². The van der Waals surface area contributed by atoms with Gasteiger partial charge in [-0.2, -0.15) is 0 Å². The van der Waals surface area contributed by atoms with E-state index in [0.29, 0.717) is 36.3 Å². The van der Waals surface area contributed by atoms with Crippen molar-refractivity contribution in [2.75, 3.05) is 6.54 Å². The summed E-state index contributed by atoms with van der Waals surface area (Å²) in [6.45, 7) is -0.389. The van der Waals surface area contributed by atoms with Gasteiger partial charge in [0.25, 0.3) is 11.8 Å². The van der Waals surface area contributed by atoms with E-state index in [2.05, 4.69) is 0 Å². The number of hydrogen-bond donors (Lipinski definition) is 1. The lowest BCUT2D eigenvalue weighted by atomic mass is 9.93. The number of carboxylic acids is 1. The molecule has 148 valence electrons. The number of likely N-dealkylation sites (tertiary alicyclic amines) is 1. The van der Waals surface area contributed by atoms with Crippen molar-refractivity contribution < 1.29 is 24.3 Å². The monoisotopic (exact) mass is 384 g/mol. The molecular weight excluding hydrogens is 360 g/mol. The molecule has 2 aliphatic heterocycles. The van der Waals surface area contributed by atoms with Crippen LogP contribution in [0.1, 0.15) is 65.7 Å². The van der Waals surface area contributed by atoms with Crippen molar-refractivity contribution in [1.82, 2.24) is 9.80 Å². The topological polar surface area (TPSA) is 95.0 Å².